The van der Waals surface area contributed by atoms with Crippen LogP contribution in [0.5, 0.6) is 0 Å². The first kappa shape index (κ1) is 8.01. The maximum Gasteiger partial charge on any atom is 0.155 e. The minimum Gasteiger partial charge on any atom is -0.394 e. The van der Waals surface area contributed by atoms with Crippen LogP contribution < -0.4 is 5.73 Å². The van der Waals surface area contributed by atoms with Crippen molar-refractivity contribution in [3.8, 4) is 0 Å². The van der Waals surface area contributed by atoms with E-state index in [2.05, 4.69) is 16.5 Å². The second kappa shape index (κ2) is 2.88. The zero-order chi connectivity index (χ0) is 8.43. The molecule has 0 bridgehead atoms. The van der Waals surface area contributed by atoms with Crippen LogP contribution in [0.25, 0.3) is 5.57 Å². The first-order valence-electron chi connectivity index (χ1n) is 3.04. The molecule has 0 aliphatic heterocycles. The highest BCUT2D eigenvalue weighted by molar-refractivity contribution is 6.32. The number of hydrogen-bond donors (Lipinski definition) is 1. The minimum absolute atomic E-state index is 0.276. The summed E-state index contributed by atoms with van der Waals surface area (Å²) in [5.41, 5.74) is 7.36. The molecule has 0 aliphatic rings. The maximum absolute atomic E-state index is 5.64. The third kappa shape index (κ3) is 1.49. The SMILES string of the molecule is C=C(C)c1ncnc(Cl)c1N. The summed E-state index contributed by atoms with van der Waals surface area (Å²) in [5.74, 6) is 0. The predicted molar refractivity (Wildman–Crippen MR) is 46.2 cm³/mol. The number of nitrogen functional groups attached to an aromatic ring is 1. The molecular weight excluding hydrogens is 162 g/mol. The predicted octanol–water partition coefficient (Wildman–Crippen LogP) is 1.75. The van der Waals surface area contributed by atoms with Gasteiger partial charge in [-0.2, -0.15) is 0 Å². The third-order valence-electron chi connectivity index (χ3n) is 1.24. The van der Waals surface area contributed by atoms with Gasteiger partial charge in [-0.1, -0.05) is 18.2 Å². The fourth-order valence-corrected chi connectivity index (χ4v) is 0.847. The lowest BCUT2D eigenvalue weighted by atomic mass is 10.2. The van der Waals surface area contributed by atoms with Crippen molar-refractivity contribution in [3.05, 3.63) is 23.8 Å². The van der Waals surface area contributed by atoms with E-state index >= 15 is 0 Å². The first-order valence-corrected chi connectivity index (χ1v) is 3.42. The number of halogens is 1. The Morgan fingerprint density at radius 1 is 1.64 bits per heavy atom. The van der Waals surface area contributed by atoms with Gasteiger partial charge in [0.2, 0.25) is 0 Å². The smallest absolute Gasteiger partial charge is 0.155 e. The van der Waals surface area contributed by atoms with Crippen LogP contribution in [0.4, 0.5) is 5.69 Å². The lowest BCUT2D eigenvalue weighted by Gasteiger charge is -2.02. The molecule has 0 aromatic carbocycles. The molecule has 58 valence electrons. The van der Waals surface area contributed by atoms with Gasteiger partial charge in [-0.3, -0.25) is 0 Å². The van der Waals surface area contributed by atoms with Gasteiger partial charge in [-0.15, -0.1) is 0 Å². The molecule has 3 nitrogen and oxygen atoms in total. The van der Waals surface area contributed by atoms with Gasteiger partial charge >= 0.3 is 0 Å². The Morgan fingerprint density at radius 2 is 2.27 bits per heavy atom. The average Bonchev–Trinajstić information content (AvgIpc) is 1.94. The van der Waals surface area contributed by atoms with Crippen LogP contribution in [0, 0.1) is 0 Å². The number of aromatic nitrogens is 2. The van der Waals surface area contributed by atoms with E-state index < -0.39 is 0 Å². The van der Waals surface area contributed by atoms with E-state index in [-0.39, 0.29) is 5.15 Å². The summed E-state index contributed by atoms with van der Waals surface area (Å²) in [6.07, 6.45) is 1.36. The van der Waals surface area contributed by atoms with E-state index in [0.717, 1.165) is 5.57 Å². The van der Waals surface area contributed by atoms with Gasteiger partial charge in [0.15, 0.2) is 5.15 Å². The summed E-state index contributed by atoms with van der Waals surface area (Å²) in [6, 6.07) is 0. The Morgan fingerprint density at radius 3 is 2.73 bits per heavy atom. The van der Waals surface area contributed by atoms with Crippen LogP contribution in [-0.2, 0) is 0 Å². The molecule has 1 aromatic rings. The van der Waals surface area contributed by atoms with E-state index in [0.29, 0.717) is 11.4 Å². The molecule has 2 N–H and O–H groups in total. The molecule has 0 atom stereocenters. The highest BCUT2D eigenvalue weighted by Crippen LogP contribution is 2.22. The molecule has 0 fully saturated rings. The molecular formula is C7H8ClN3. The minimum atomic E-state index is 0.276. The first-order chi connectivity index (χ1) is 5.13. The van der Waals surface area contributed by atoms with Crippen molar-refractivity contribution < 1.29 is 0 Å². The van der Waals surface area contributed by atoms with E-state index in [9.17, 15) is 0 Å². The van der Waals surface area contributed by atoms with Crippen LogP contribution >= 0.6 is 11.6 Å². The Hall–Kier alpha value is -1.09. The number of anilines is 1. The quantitative estimate of drug-likeness (QED) is 0.652. The molecule has 0 amide bonds. The molecule has 4 heteroatoms. The average molecular weight is 170 g/mol. The molecule has 11 heavy (non-hydrogen) atoms. The highest BCUT2D eigenvalue weighted by Gasteiger charge is 2.04. The summed E-state index contributed by atoms with van der Waals surface area (Å²) in [7, 11) is 0. The molecule has 0 spiro atoms. The molecule has 1 heterocycles. The van der Waals surface area contributed by atoms with Crippen molar-refractivity contribution in [2.45, 2.75) is 6.92 Å². The van der Waals surface area contributed by atoms with E-state index in [1.165, 1.54) is 6.33 Å². The van der Waals surface area contributed by atoms with Crippen molar-refractivity contribution in [1.29, 1.82) is 0 Å². The van der Waals surface area contributed by atoms with Crippen molar-refractivity contribution >= 4 is 22.9 Å². The van der Waals surface area contributed by atoms with Crippen LogP contribution in [0.1, 0.15) is 12.6 Å². The summed E-state index contributed by atoms with van der Waals surface area (Å²) in [6.45, 7) is 5.51. The standard InChI is InChI=1S/C7H8ClN3/c1-4(2)6-5(9)7(8)11-3-10-6/h3H,1,9H2,2H3. The topological polar surface area (TPSA) is 51.8 Å². The molecule has 1 rings (SSSR count). The highest BCUT2D eigenvalue weighted by atomic mass is 35.5. The number of nitrogens with two attached hydrogens (primary N) is 1. The maximum atomic E-state index is 5.64. The van der Waals surface area contributed by atoms with Crippen LogP contribution in [0.2, 0.25) is 5.15 Å². The zero-order valence-corrected chi connectivity index (χ0v) is 6.89. The van der Waals surface area contributed by atoms with Crippen molar-refractivity contribution in [3.63, 3.8) is 0 Å². The summed E-state index contributed by atoms with van der Waals surface area (Å²) < 4.78 is 0. The molecule has 0 radical (unpaired) electrons. The molecule has 1 aromatic heterocycles. The van der Waals surface area contributed by atoms with Crippen LogP contribution in [-0.4, -0.2) is 9.97 Å². The lowest BCUT2D eigenvalue weighted by Crippen LogP contribution is -1.97. The number of allylic oxidation sites excluding steroid dienone is 1. The van der Waals surface area contributed by atoms with Gasteiger partial charge in [0, 0.05) is 0 Å². The van der Waals surface area contributed by atoms with Gasteiger partial charge in [0.1, 0.15) is 6.33 Å². The second-order valence-electron chi connectivity index (χ2n) is 2.21. The van der Waals surface area contributed by atoms with E-state index in [4.69, 9.17) is 17.3 Å². The fraction of sp³-hybridized carbons (Fsp3) is 0.143. The van der Waals surface area contributed by atoms with Gasteiger partial charge in [0.05, 0.1) is 11.4 Å². The zero-order valence-electron chi connectivity index (χ0n) is 6.13. The Balaban J connectivity index is 3.27. The molecule has 0 unspecified atom stereocenters. The Kier molecular flexibility index (Phi) is 2.10. The van der Waals surface area contributed by atoms with Gasteiger partial charge in [0.25, 0.3) is 0 Å². The number of nitrogens with zero attached hydrogens (tertiary/aromatic N) is 2. The van der Waals surface area contributed by atoms with Gasteiger partial charge < -0.3 is 5.73 Å². The molecule has 0 saturated carbocycles. The van der Waals surface area contributed by atoms with E-state index in [1.807, 2.05) is 6.92 Å². The Bertz CT molecular complexity index is 296. The summed E-state index contributed by atoms with van der Waals surface area (Å²) in [4.78, 5) is 7.63. The van der Waals surface area contributed by atoms with Gasteiger partial charge in [-0.25, -0.2) is 9.97 Å². The normalized spacial score (nSPS) is 9.64. The summed E-state index contributed by atoms with van der Waals surface area (Å²) in [5, 5.41) is 0.276. The fourth-order valence-electron chi connectivity index (χ4n) is 0.714. The summed E-state index contributed by atoms with van der Waals surface area (Å²) >= 11 is 5.64. The van der Waals surface area contributed by atoms with Crippen molar-refractivity contribution in [1.82, 2.24) is 9.97 Å². The van der Waals surface area contributed by atoms with Crippen LogP contribution in [0.3, 0.4) is 0 Å². The van der Waals surface area contributed by atoms with Crippen LogP contribution in [0.15, 0.2) is 12.9 Å². The van der Waals surface area contributed by atoms with E-state index in [1.54, 1.807) is 0 Å². The third-order valence-corrected chi connectivity index (χ3v) is 1.54. The largest absolute Gasteiger partial charge is 0.394 e. The van der Waals surface area contributed by atoms with Gasteiger partial charge in [-0.05, 0) is 12.5 Å². The number of rotatable bonds is 1. The Labute approximate surface area is 69.9 Å². The van der Waals surface area contributed by atoms with Crippen molar-refractivity contribution in [2.75, 3.05) is 5.73 Å². The molecule has 0 saturated heterocycles. The lowest BCUT2D eigenvalue weighted by molar-refractivity contribution is 1.15. The molecule has 0 aliphatic carbocycles. The van der Waals surface area contributed by atoms with Crippen molar-refractivity contribution in [2.24, 2.45) is 0 Å². The number of hydrogen-bond acceptors (Lipinski definition) is 3. The second-order valence-corrected chi connectivity index (χ2v) is 2.57. The monoisotopic (exact) mass is 169 g/mol.